The smallest absolute Gasteiger partial charge is 0.150 e. The van der Waals surface area contributed by atoms with Gasteiger partial charge in [0.25, 0.3) is 0 Å². The summed E-state index contributed by atoms with van der Waals surface area (Å²) in [6.07, 6.45) is 0.836. The fraction of sp³-hybridized carbons (Fsp3) is 0.100. The fourth-order valence-electron chi connectivity index (χ4n) is 1.40. The Labute approximate surface area is 93.3 Å². The van der Waals surface area contributed by atoms with Crippen molar-refractivity contribution in [1.82, 2.24) is 0 Å². The Balaban J connectivity index is 2.83. The molecule has 72 valence electrons. The van der Waals surface area contributed by atoms with Crippen LogP contribution in [0.4, 0.5) is 0 Å². The van der Waals surface area contributed by atoms with Gasteiger partial charge in [0.05, 0.1) is 10.4 Å². The molecular weight excluding hydrogens is 264 g/mol. The predicted octanol–water partition coefficient (Wildman–Crippen LogP) is 2.97. The highest BCUT2D eigenvalue weighted by Crippen LogP contribution is 2.34. The Morgan fingerprint density at radius 2 is 2.29 bits per heavy atom. The van der Waals surface area contributed by atoms with E-state index in [1.54, 1.807) is 12.1 Å². The van der Waals surface area contributed by atoms with Gasteiger partial charge in [0, 0.05) is 15.6 Å². The van der Waals surface area contributed by atoms with Gasteiger partial charge in [-0.3, -0.25) is 4.79 Å². The molecule has 1 aromatic carbocycles. The topological polar surface area (TPSA) is 37.3 Å². The molecule has 1 heterocycles. The minimum absolute atomic E-state index is 0.00257. The van der Waals surface area contributed by atoms with Crippen LogP contribution in [-0.4, -0.2) is 11.4 Å². The van der Waals surface area contributed by atoms with E-state index in [4.69, 9.17) is 5.11 Å². The fourth-order valence-corrected chi connectivity index (χ4v) is 3.03. The van der Waals surface area contributed by atoms with E-state index in [0.29, 0.717) is 5.56 Å². The Bertz CT molecular complexity index is 490. The highest BCUT2D eigenvalue weighted by molar-refractivity contribution is 9.11. The van der Waals surface area contributed by atoms with Crippen LogP contribution in [0.2, 0.25) is 0 Å². The first kappa shape index (κ1) is 9.83. The second-order valence-corrected chi connectivity index (χ2v) is 5.31. The van der Waals surface area contributed by atoms with E-state index in [1.807, 2.05) is 6.07 Å². The number of thiophene rings is 1. The van der Waals surface area contributed by atoms with E-state index >= 15 is 0 Å². The standard InChI is InChI=1S/C10H7BrO2S/c11-9-3-8-6(4-12)1-2-7(5-13)10(8)14-9/h1-4,13H,5H2. The Morgan fingerprint density at radius 3 is 2.93 bits per heavy atom. The van der Waals surface area contributed by atoms with E-state index in [2.05, 4.69) is 15.9 Å². The van der Waals surface area contributed by atoms with Crippen LogP contribution in [0, 0.1) is 0 Å². The van der Waals surface area contributed by atoms with Crippen molar-refractivity contribution in [3.63, 3.8) is 0 Å². The lowest BCUT2D eigenvalue weighted by Crippen LogP contribution is -1.86. The number of carbonyl (C=O) groups excluding carboxylic acids is 1. The van der Waals surface area contributed by atoms with Crippen LogP contribution in [-0.2, 0) is 6.61 Å². The van der Waals surface area contributed by atoms with Gasteiger partial charge in [-0.1, -0.05) is 12.1 Å². The molecular formula is C10H7BrO2S. The zero-order chi connectivity index (χ0) is 10.1. The van der Waals surface area contributed by atoms with Crippen LogP contribution >= 0.6 is 27.3 Å². The molecule has 0 saturated carbocycles. The minimum Gasteiger partial charge on any atom is -0.392 e. The largest absolute Gasteiger partial charge is 0.392 e. The molecule has 0 atom stereocenters. The summed E-state index contributed by atoms with van der Waals surface area (Å²) in [5.74, 6) is 0. The molecule has 0 spiro atoms. The molecule has 0 aliphatic carbocycles. The molecule has 0 saturated heterocycles. The van der Waals surface area contributed by atoms with E-state index in [-0.39, 0.29) is 6.61 Å². The van der Waals surface area contributed by atoms with Gasteiger partial charge in [-0.15, -0.1) is 11.3 Å². The van der Waals surface area contributed by atoms with Crippen molar-refractivity contribution in [1.29, 1.82) is 0 Å². The maximum absolute atomic E-state index is 10.8. The van der Waals surface area contributed by atoms with Gasteiger partial charge < -0.3 is 5.11 Å². The van der Waals surface area contributed by atoms with Crippen LogP contribution < -0.4 is 0 Å². The van der Waals surface area contributed by atoms with Crippen LogP contribution in [0.5, 0.6) is 0 Å². The molecule has 1 N–H and O–H groups in total. The second-order valence-electron chi connectivity index (χ2n) is 2.88. The normalized spacial score (nSPS) is 10.7. The first-order valence-corrected chi connectivity index (χ1v) is 5.64. The molecule has 0 fully saturated rings. The molecule has 0 aliphatic heterocycles. The van der Waals surface area contributed by atoms with Crippen LogP contribution in [0.1, 0.15) is 15.9 Å². The number of halogens is 1. The number of rotatable bonds is 2. The summed E-state index contributed by atoms with van der Waals surface area (Å²) in [5, 5.41) is 10.0. The van der Waals surface area contributed by atoms with Crippen molar-refractivity contribution in [3.8, 4) is 0 Å². The second kappa shape index (κ2) is 3.81. The number of hydrogen-bond acceptors (Lipinski definition) is 3. The lowest BCUT2D eigenvalue weighted by atomic mass is 10.1. The number of aliphatic hydroxyl groups excluding tert-OH is 1. The number of carbonyl (C=O) groups is 1. The molecule has 2 rings (SSSR count). The summed E-state index contributed by atoms with van der Waals surface area (Å²) in [4.78, 5) is 10.8. The lowest BCUT2D eigenvalue weighted by molar-refractivity contribution is 0.112. The Hall–Kier alpha value is -0.710. The van der Waals surface area contributed by atoms with Gasteiger partial charge in [0.1, 0.15) is 0 Å². The van der Waals surface area contributed by atoms with Crippen molar-refractivity contribution in [3.05, 3.63) is 33.1 Å². The third-order valence-electron chi connectivity index (χ3n) is 2.07. The maximum Gasteiger partial charge on any atom is 0.150 e. The number of hydrogen-bond donors (Lipinski definition) is 1. The summed E-state index contributed by atoms with van der Waals surface area (Å²) < 4.78 is 1.94. The Kier molecular flexibility index (Phi) is 2.67. The quantitative estimate of drug-likeness (QED) is 0.852. The van der Waals surface area contributed by atoms with E-state index in [1.165, 1.54) is 11.3 Å². The summed E-state index contributed by atoms with van der Waals surface area (Å²) in [5.41, 5.74) is 1.53. The maximum atomic E-state index is 10.8. The zero-order valence-corrected chi connectivity index (χ0v) is 9.56. The lowest BCUT2D eigenvalue weighted by Gasteiger charge is -1.99. The van der Waals surface area contributed by atoms with E-state index in [0.717, 1.165) is 25.7 Å². The minimum atomic E-state index is 0.00257. The number of aldehydes is 1. The van der Waals surface area contributed by atoms with Gasteiger partial charge in [0.2, 0.25) is 0 Å². The number of benzene rings is 1. The van der Waals surface area contributed by atoms with Gasteiger partial charge in [-0.25, -0.2) is 0 Å². The molecule has 0 aliphatic rings. The molecule has 2 nitrogen and oxygen atoms in total. The average Bonchev–Trinajstić information content (AvgIpc) is 2.57. The summed E-state index contributed by atoms with van der Waals surface area (Å²) in [7, 11) is 0. The number of fused-ring (bicyclic) bond motifs is 1. The molecule has 0 unspecified atom stereocenters. The van der Waals surface area contributed by atoms with Crippen LogP contribution in [0.3, 0.4) is 0 Å². The SMILES string of the molecule is O=Cc1ccc(CO)c2sc(Br)cc12. The summed E-state index contributed by atoms with van der Waals surface area (Å²) in [6.45, 7) is 0.00257. The van der Waals surface area contributed by atoms with Crippen molar-refractivity contribution in [2.24, 2.45) is 0 Å². The van der Waals surface area contributed by atoms with Crippen molar-refractivity contribution in [2.45, 2.75) is 6.61 Å². The van der Waals surface area contributed by atoms with Gasteiger partial charge in [-0.2, -0.15) is 0 Å². The monoisotopic (exact) mass is 270 g/mol. The molecule has 14 heavy (non-hydrogen) atoms. The molecule has 4 heteroatoms. The van der Waals surface area contributed by atoms with Crippen molar-refractivity contribution in [2.75, 3.05) is 0 Å². The molecule has 2 aromatic rings. The van der Waals surface area contributed by atoms with Gasteiger partial charge >= 0.3 is 0 Å². The van der Waals surface area contributed by atoms with Crippen LogP contribution in [0.15, 0.2) is 22.0 Å². The van der Waals surface area contributed by atoms with Crippen LogP contribution in [0.25, 0.3) is 10.1 Å². The third kappa shape index (κ3) is 1.49. The highest BCUT2D eigenvalue weighted by atomic mass is 79.9. The van der Waals surface area contributed by atoms with Gasteiger partial charge in [0.15, 0.2) is 6.29 Å². The average molecular weight is 271 g/mol. The molecule has 0 radical (unpaired) electrons. The van der Waals surface area contributed by atoms with E-state index < -0.39 is 0 Å². The summed E-state index contributed by atoms with van der Waals surface area (Å²) in [6, 6.07) is 5.43. The first-order valence-electron chi connectivity index (χ1n) is 4.03. The van der Waals surface area contributed by atoms with Gasteiger partial charge in [-0.05, 0) is 27.6 Å². The molecule has 1 aromatic heterocycles. The van der Waals surface area contributed by atoms with E-state index in [9.17, 15) is 4.79 Å². The number of aliphatic hydroxyl groups is 1. The summed E-state index contributed by atoms with van der Waals surface area (Å²) >= 11 is 4.90. The van der Waals surface area contributed by atoms with Crippen molar-refractivity contribution >= 4 is 43.6 Å². The van der Waals surface area contributed by atoms with Crippen molar-refractivity contribution < 1.29 is 9.90 Å². The highest BCUT2D eigenvalue weighted by Gasteiger charge is 2.08. The molecule has 0 amide bonds. The zero-order valence-electron chi connectivity index (χ0n) is 7.16. The molecule has 0 bridgehead atoms. The predicted molar refractivity (Wildman–Crippen MR) is 60.8 cm³/mol. The Morgan fingerprint density at radius 1 is 1.50 bits per heavy atom. The first-order chi connectivity index (χ1) is 6.76. The third-order valence-corrected chi connectivity index (χ3v) is 3.78.